The van der Waals surface area contributed by atoms with Crippen molar-refractivity contribution < 1.29 is 4.79 Å². The number of rotatable bonds is 4. The number of nitrogens with one attached hydrogen (secondary N) is 2. The zero-order valence-electron chi connectivity index (χ0n) is 12.5. The molecular weight excluding hydrogens is 340 g/mol. The van der Waals surface area contributed by atoms with Gasteiger partial charge in [-0.1, -0.05) is 40.2 Å². The van der Waals surface area contributed by atoms with Gasteiger partial charge in [0.25, 0.3) is 5.91 Å². The van der Waals surface area contributed by atoms with Gasteiger partial charge in [-0.05, 0) is 47.7 Å². The molecule has 0 saturated heterocycles. The predicted molar refractivity (Wildman–Crippen MR) is 91.9 cm³/mol. The van der Waals surface area contributed by atoms with Crippen molar-refractivity contribution in [1.82, 2.24) is 10.6 Å². The van der Waals surface area contributed by atoms with Crippen molar-refractivity contribution in [3.05, 3.63) is 69.2 Å². The molecule has 0 aliphatic heterocycles. The molecule has 4 heteroatoms. The maximum Gasteiger partial charge on any atom is 0.251 e. The number of fused-ring (bicyclic) bond motifs is 1. The summed E-state index contributed by atoms with van der Waals surface area (Å²) in [6, 6.07) is 14.6. The first-order chi connectivity index (χ1) is 10.7. The minimum Gasteiger partial charge on any atom is -0.355 e. The van der Waals surface area contributed by atoms with E-state index in [1.807, 2.05) is 24.3 Å². The third kappa shape index (κ3) is 3.08. The zero-order chi connectivity index (χ0) is 15.5. The van der Waals surface area contributed by atoms with E-state index in [9.17, 15) is 4.79 Å². The quantitative estimate of drug-likeness (QED) is 0.876. The maximum atomic E-state index is 11.5. The molecule has 0 heterocycles. The number of halogens is 1. The first-order valence-electron chi connectivity index (χ1n) is 7.50. The topological polar surface area (TPSA) is 41.1 Å². The van der Waals surface area contributed by atoms with Crippen molar-refractivity contribution in [1.29, 1.82) is 0 Å². The zero-order valence-corrected chi connectivity index (χ0v) is 14.1. The van der Waals surface area contributed by atoms with Crippen LogP contribution in [0.4, 0.5) is 0 Å². The molecule has 2 aromatic rings. The Morgan fingerprint density at radius 1 is 1.23 bits per heavy atom. The van der Waals surface area contributed by atoms with E-state index >= 15 is 0 Å². The summed E-state index contributed by atoms with van der Waals surface area (Å²) in [5.74, 6) is -0.0471. The molecule has 1 unspecified atom stereocenters. The molecule has 3 rings (SSSR count). The number of hydrogen-bond acceptors (Lipinski definition) is 2. The van der Waals surface area contributed by atoms with Crippen LogP contribution in [-0.4, -0.2) is 13.0 Å². The van der Waals surface area contributed by atoms with E-state index in [1.165, 1.54) is 21.2 Å². The van der Waals surface area contributed by atoms with E-state index in [0.29, 0.717) is 11.6 Å². The fraction of sp³-hybridized carbons (Fsp3) is 0.278. The number of amides is 1. The molecule has 1 aliphatic rings. The molecule has 3 nitrogen and oxygen atoms in total. The Labute approximate surface area is 139 Å². The molecule has 0 spiro atoms. The first-order valence-corrected chi connectivity index (χ1v) is 8.30. The Morgan fingerprint density at radius 3 is 2.73 bits per heavy atom. The average molecular weight is 359 g/mol. The maximum absolute atomic E-state index is 11.5. The third-order valence-corrected chi connectivity index (χ3v) is 4.95. The van der Waals surface area contributed by atoms with Crippen LogP contribution < -0.4 is 10.6 Å². The fourth-order valence-electron chi connectivity index (χ4n) is 2.98. The second-order valence-corrected chi connectivity index (χ2v) is 6.41. The van der Waals surface area contributed by atoms with Crippen LogP contribution >= 0.6 is 15.9 Å². The van der Waals surface area contributed by atoms with E-state index in [1.54, 1.807) is 7.05 Å². The highest BCUT2D eigenvalue weighted by Gasteiger charge is 2.23. The largest absolute Gasteiger partial charge is 0.355 e. The summed E-state index contributed by atoms with van der Waals surface area (Å²) >= 11 is 3.63. The second kappa shape index (κ2) is 6.63. The lowest BCUT2D eigenvalue weighted by molar-refractivity contribution is 0.0963. The highest BCUT2D eigenvalue weighted by molar-refractivity contribution is 9.10. The summed E-state index contributed by atoms with van der Waals surface area (Å²) in [5, 5.41) is 6.26. The Kier molecular flexibility index (Phi) is 4.60. The minimum atomic E-state index is -0.0471. The predicted octanol–water partition coefficient (Wildman–Crippen LogP) is 3.59. The van der Waals surface area contributed by atoms with Crippen molar-refractivity contribution in [2.75, 3.05) is 7.05 Å². The standard InChI is InChI=1S/C18H19BrN2O/c1-20-18(22)13-7-5-12(6-8-13)11-21-17-10-9-14-15(17)3-2-4-16(14)19/h2-8,17,21H,9-11H2,1H3,(H,20,22). The minimum absolute atomic E-state index is 0.0471. The molecule has 1 atom stereocenters. The summed E-state index contributed by atoms with van der Waals surface area (Å²) in [6.07, 6.45) is 2.25. The molecule has 2 aromatic carbocycles. The van der Waals surface area contributed by atoms with Gasteiger partial charge in [0.2, 0.25) is 0 Å². The molecule has 0 aromatic heterocycles. The highest BCUT2D eigenvalue weighted by atomic mass is 79.9. The van der Waals surface area contributed by atoms with Crippen LogP contribution in [0.15, 0.2) is 46.9 Å². The van der Waals surface area contributed by atoms with Crippen molar-refractivity contribution >= 4 is 21.8 Å². The molecule has 0 fully saturated rings. The van der Waals surface area contributed by atoms with Crippen LogP contribution in [-0.2, 0) is 13.0 Å². The van der Waals surface area contributed by atoms with Gasteiger partial charge in [-0.25, -0.2) is 0 Å². The fourth-order valence-corrected chi connectivity index (χ4v) is 3.56. The molecule has 114 valence electrons. The van der Waals surface area contributed by atoms with E-state index < -0.39 is 0 Å². The molecule has 2 N–H and O–H groups in total. The Balaban J connectivity index is 1.65. The Bertz CT molecular complexity index is 682. The van der Waals surface area contributed by atoms with Gasteiger partial charge >= 0.3 is 0 Å². The van der Waals surface area contributed by atoms with Crippen LogP contribution in [0.5, 0.6) is 0 Å². The Hall–Kier alpha value is -1.65. The molecule has 1 amide bonds. The van der Waals surface area contributed by atoms with Gasteiger partial charge in [-0.3, -0.25) is 4.79 Å². The SMILES string of the molecule is CNC(=O)c1ccc(CNC2CCc3c(Br)cccc32)cc1. The molecule has 0 bridgehead atoms. The van der Waals surface area contributed by atoms with Crippen molar-refractivity contribution in [3.8, 4) is 0 Å². The van der Waals surface area contributed by atoms with Gasteiger partial charge in [-0.15, -0.1) is 0 Å². The van der Waals surface area contributed by atoms with E-state index in [2.05, 4.69) is 44.8 Å². The lowest BCUT2D eigenvalue weighted by atomic mass is 10.1. The summed E-state index contributed by atoms with van der Waals surface area (Å²) < 4.78 is 1.21. The number of carbonyl (C=O) groups excluding carboxylic acids is 1. The monoisotopic (exact) mass is 358 g/mol. The van der Waals surface area contributed by atoms with Gasteiger partial charge in [-0.2, -0.15) is 0 Å². The van der Waals surface area contributed by atoms with E-state index in [0.717, 1.165) is 19.4 Å². The third-order valence-electron chi connectivity index (χ3n) is 4.21. The number of carbonyl (C=O) groups is 1. The van der Waals surface area contributed by atoms with Crippen molar-refractivity contribution in [3.63, 3.8) is 0 Å². The van der Waals surface area contributed by atoms with E-state index in [-0.39, 0.29) is 5.91 Å². The molecule has 1 aliphatic carbocycles. The van der Waals surface area contributed by atoms with Crippen LogP contribution in [0.2, 0.25) is 0 Å². The molecular formula is C18H19BrN2O. The lowest BCUT2D eigenvalue weighted by Gasteiger charge is -2.14. The van der Waals surface area contributed by atoms with Crippen molar-refractivity contribution in [2.45, 2.75) is 25.4 Å². The van der Waals surface area contributed by atoms with E-state index in [4.69, 9.17) is 0 Å². The highest BCUT2D eigenvalue weighted by Crippen LogP contribution is 2.35. The van der Waals surface area contributed by atoms with Gasteiger partial charge in [0, 0.05) is 29.7 Å². The smallest absolute Gasteiger partial charge is 0.251 e. The van der Waals surface area contributed by atoms with Gasteiger partial charge in [0.1, 0.15) is 0 Å². The van der Waals surface area contributed by atoms with Crippen LogP contribution in [0, 0.1) is 0 Å². The van der Waals surface area contributed by atoms with Gasteiger partial charge in [0.05, 0.1) is 0 Å². The van der Waals surface area contributed by atoms with Crippen LogP contribution in [0.25, 0.3) is 0 Å². The number of hydrogen-bond donors (Lipinski definition) is 2. The second-order valence-electron chi connectivity index (χ2n) is 5.56. The molecule has 22 heavy (non-hydrogen) atoms. The van der Waals surface area contributed by atoms with Crippen molar-refractivity contribution in [2.24, 2.45) is 0 Å². The summed E-state index contributed by atoms with van der Waals surface area (Å²) in [7, 11) is 1.65. The molecule has 0 radical (unpaired) electrons. The summed E-state index contributed by atoms with van der Waals surface area (Å²) in [6.45, 7) is 0.810. The van der Waals surface area contributed by atoms with Crippen LogP contribution in [0.1, 0.15) is 39.5 Å². The summed E-state index contributed by atoms with van der Waals surface area (Å²) in [5.41, 5.74) is 4.71. The van der Waals surface area contributed by atoms with Gasteiger partial charge in [0.15, 0.2) is 0 Å². The Morgan fingerprint density at radius 2 is 2.00 bits per heavy atom. The lowest BCUT2D eigenvalue weighted by Crippen LogP contribution is -2.19. The van der Waals surface area contributed by atoms with Gasteiger partial charge < -0.3 is 10.6 Å². The first kappa shape index (κ1) is 15.3. The summed E-state index contributed by atoms with van der Waals surface area (Å²) in [4.78, 5) is 11.5. The normalized spacial score (nSPS) is 16.4. The number of benzene rings is 2. The average Bonchev–Trinajstić information content (AvgIpc) is 2.97. The molecule has 0 saturated carbocycles. The van der Waals surface area contributed by atoms with Crippen LogP contribution in [0.3, 0.4) is 0 Å².